The summed E-state index contributed by atoms with van der Waals surface area (Å²) in [5.74, 6) is 0.338. The number of halogens is 1. The summed E-state index contributed by atoms with van der Waals surface area (Å²) in [6, 6.07) is 3.15. The van der Waals surface area contributed by atoms with Gasteiger partial charge in [0, 0.05) is 5.02 Å². The number of rotatable bonds is 3. The molecule has 80 valence electrons. The minimum absolute atomic E-state index is 0.0531. The van der Waals surface area contributed by atoms with Crippen molar-refractivity contribution in [3.63, 3.8) is 0 Å². The van der Waals surface area contributed by atoms with Crippen LogP contribution >= 0.6 is 11.6 Å². The van der Waals surface area contributed by atoms with E-state index >= 15 is 0 Å². The Bertz CT molecular complexity index is 370. The van der Waals surface area contributed by atoms with Gasteiger partial charge in [-0.1, -0.05) is 18.2 Å². The Morgan fingerprint density at radius 1 is 1.33 bits per heavy atom. The highest BCUT2D eigenvalue weighted by Crippen LogP contribution is 2.17. The lowest BCUT2D eigenvalue weighted by atomic mass is 10.2. The Hall–Kier alpha value is -1.55. The molecule has 0 aromatic carbocycles. The lowest BCUT2D eigenvalue weighted by Crippen LogP contribution is -2.06. The maximum absolute atomic E-state index is 7.46. The van der Waals surface area contributed by atoms with Crippen molar-refractivity contribution in [1.29, 1.82) is 5.41 Å². The monoisotopic (exact) mass is 226 g/mol. The van der Waals surface area contributed by atoms with E-state index in [1.54, 1.807) is 12.1 Å². The van der Waals surface area contributed by atoms with E-state index in [9.17, 15) is 0 Å². The fraction of sp³-hybridized carbons (Fsp3) is 0.200. The van der Waals surface area contributed by atoms with Crippen molar-refractivity contribution in [1.82, 2.24) is 4.98 Å². The second kappa shape index (κ2) is 4.79. The first kappa shape index (κ1) is 11.5. The van der Waals surface area contributed by atoms with Gasteiger partial charge in [0.25, 0.3) is 0 Å². The lowest BCUT2D eigenvalue weighted by molar-refractivity contribution is 0.369. The minimum atomic E-state index is -0.0531. The number of nitrogens with one attached hydrogen (secondary N) is 1. The first-order chi connectivity index (χ1) is 7.08. The average Bonchev–Trinajstić information content (AvgIpc) is 2.26. The van der Waals surface area contributed by atoms with Crippen molar-refractivity contribution >= 4 is 23.3 Å². The zero-order valence-electron chi connectivity index (χ0n) is 8.50. The third kappa shape index (κ3) is 2.70. The van der Waals surface area contributed by atoms with Crippen LogP contribution in [0.25, 0.3) is 5.76 Å². The van der Waals surface area contributed by atoms with Crippen LogP contribution in [0.4, 0.5) is 0 Å². The van der Waals surface area contributed by atoms with Crippen LogP contribution < -0.4 is 0 Å². The number of hydrogen-bond acceptors (Lipinski definition) is 4. The number of aromatic nitrogens is 1. The molecule has 0 atom stereocenters. The van der Waals surface area contributed by atoms with Gasteiger partial charge in [-0.2, -0.15) is 0 Å². The van der Waals surface area contributed by atoms with Gasteiger partial charge in [-0.15, -0.1) is 0 Å². The van der Waals surface area contributed by atoms with Gasteiger partial charge in [-0.25, -0.2) is 4.98 Å². The van der Waals surface area contributed by atoms with Crippen molar-refractivity contribution < 1.29 is 9.47 Å². The molecule has 0 radical (unpaired) electrons. The molecule has 1 aromatic heterocycles. The molecule has 0 saturated carbocycles. The average molecular weight is 227 g/mol. The number of hydrogen-bond donors (Lipinski definition) is 1. The highest BCUT2D eigenvalue weighted by molar-refractivity contribution is 6.31. The van der Waals surface area contributed by atoms with E-state index in [2.05, 4.69) is 11.6 Å². The van der Waals surface area contributed by atoms with Gasteiger partial charge in [0.2, 0.25) is 5.90 Å². The van der Waals surface area contributed by atoms with Crippen LogP contribution in [-0.4, -0.2) is 25.1 Å². The molecule has 1 aromatic rings. The second-order valence-corrected chi connectivity index (χ2v) is 3.15. The molecular formula is C10H11ClN2O2. The van der Waals surface area contributed by atoms with E-state index < -0.39 is 0 Å². The summed E-state index contributed by atoms with van der Waals surface area (Å²) in [6.45, 7) is 3.66. The van der Waals surface area contributed by atoms with Crippen molar-refractivity contribution in [2.24, 2.45) is 0 Å². The van der Waals surface area contributed by atoms with Crippen LogP contribution in [0, 0.1) is 5.41 Å². The quantitative estimate of drug-likeness (QED) is 0.489. The molecular weight excluding hydrogens is 216 g/mol. The summed E-state index contributed by atoms with van der Waals surface area (Å²) in [5, 5.41) is 7.91. The van der Waals surface area contributed by atoms with Crippen LogP contribution in [0.2, 0.25) is 5.02 Å². The van der Waals surface area contributed by atoms with Crippen molar-refractivity contribution in [3.05, 3.63) is 35.1 Å². The fourth-order valence-electron chi connectivity index (χ4n) is 0.966. The second-order valence-electron chi connectivity index (χ2n) is 2.72. The highest BCUT2D eigenvalue weighted by Gasteiger charge is 2.09. The molecule has 1 rings (SSSR count). The molecule has 15 heavy (non-hydrogen) atoms. The van der Waals surface area contributed by atoms with Gasteiger partial charge in [0.05, 0.1) is 14.2 Å². The van der Waals surface area contributed by atoms with Crippen LogP contribution in [-0.2, 0) is 9.47 Å². The third-order valence-electron chi connectivity index (χ3n) is 1.76. The maximum atomic E-state index is 7.46. The van der Waals surface area contributed by atoms with E-state index in [4.69, 9.17) is 26.5 Å². The summed E-state index contributed by atoms with van der Waals surface area (Å²) in [5.41, 5.74) is 0.833. The summed E-state index contributed by atoms with van der Waals surface area (Å²) in [6.07, 6.45) is 0. The molecule has 4 nitrogen and oxygen atoms in total. The predicted octanol–water partition coefficient (Wildman–Crippen LogP) is 2.32. The standard InChI is InChI=1S/C10H11ClN2O2/c1-6(14-2)8-4-7(11)5-9(13-8)10(12)15-3/h4-5,12H,1H2,2-3H3. The first-order valence-electron chi connectivity index (χ1n) is 4.12. The highest BCUT2D eigenvalue weighted by atomic mass is 35.5. The minimum Gasteiger partial charge on any atom is -0.495 e. The molecule has 0 aliphatic carbocycles. The van der Waals surface area contributed by atoms with Gasteiger partial charge in [0.1, 0.15) is 17.1 Å². The zero-order valence-corrected chi connectivity index (χ0v) is 9.26. The Labute approximate surface area is 93.0 Å². The van der Waals surface area contributed by atoms with E-state index in [-0.39, 0.29) is 5.90 Å². The van der Waals surface area contributed by atoms with E-state index in [1.165, 1.54) is 14.2 Å². The third-order valence-corrected chi connectivity index (χ3v) is 1.98. The smallest absolute Gasteiger partial charge is 0.232 e. The molecule has 0 unspecified atom stereocenters. The zero-order chi connectivity index (χ0) is 11.4. The van der Waals surface area contributed by atoms with Gasteiger partial charge < -0.3 is 9.47 Å². The largest absolute Gasteiger partial charge is 0.495 e. The van der Waals surface area contributed by atoms with Gasteiger partial charge >= 0.3 is 0 Å². The van der Waals surface area contributed by atoms with Crippen molar-refractivity contribution in [2.45, 2.75) is 0 Å². The molecule has 1 N–H and O–H groups in total. The topological polar surface area (TPSA) is 55.2 Å². The summed E-state index contributed by atoms with van der Waals surface area (Å²) >= 11 is 5.86. The van der Waals surface area contributed by atoms with E-state index in [1.807, 2.05) is 0 Å². The SMILES string of the molecule is C=C(OC)c1cc(Cl)cc(C(=N)OC)n1. The van der Waals surface area contributed by atoms with Gasteiger partial charge in [0.15, 0.2) is 0 Å². The molecule has 0 spiro atoms. The van der Waals surface area contributed by atoms with Crippen LogP contribution in [0.15, 0.2) is 18.7 Å². The molecule has 0 bridgehead atoms. The van der Waals surface area contributed by atoms with E-state index in [0.717, 1.165) is 0 Å². The molecule has 0 aliphatic heterocycles. The molecule has 1 heterocycles. The van der Waals surface area contributed by atoms with Crippen LogP contribution in [0.1, 0.15) is 11.4 Å². The van der Waals surface area contributed by atoms with Crippen LogP contribution in [0.3, 0.4) is 0 Å². The molecule has 0 fully saturated rings. The molecule has 0 amide bonds. The normalized spacial score (nSPS) is 9.53. The van der Waals surface area contributed by atoms with Gasteiger partial charge in [-0.05, 0) is 12.1 Å². The van der Waals surface area contributed by atoms with E-state index in [0.29, 0.717) is 22.2 Å². The Kier molecular flexibility index (Phi) is 3.68. The number of pyridine rings is 1. The summed E-state index contributed by atoms with van der Waals surface area (Å²) < 4.78 is 9.68. The molecule has 0 saturated heterocycles. The van der Waals surface area contributed by atoms with Crippen LogP contribution in [0.5, 0.6) is 0 Å². The summed E-state index contributed by atoms with van der Waals surface area (Å²) in [7, 11) is 2.89. The fourth-order valence-corrected chi connectivity index (χ4v) is 1.17. The predicted molar refractivity (Wildman–Crippen MR) is 59.1 cm³/mol. The Balaban J connectivity index is 3.16. The molecule has 5 heteroatoms. The maximum Gasteiger partial charge on any atom is 0.232 e. The Morgan fingerprint density at radius 3 is 2.47 bits per heavy atom. The number of nitrogens with zero attached hydrogens (tertiary/aromatic N) is 1. The first-order valence-corrected chi connectivity index (χ1v) is 4.50. The van der Waals surface area contributed by atoms with Gasteiger partial charge in [-0.3, -0.25) is 5.41 Å². The number of ether oxygens (including phenoxy) is 2. The summed E-state index contributed by atoms with van der Waals surface area (Å²) in [4.78, 5) is 4.12. The molecule has 0 aliphatic rings. The Morgan fingerprint density at radius 2 is 1.93 bits per heavy atom. The lowest BCUT2D eigenvalue weighted by Gasteiger charge is -2.07. The number of methoxy groups -OCH3 is 2. The van der Waals surface area contributed by atoms with Crippen molar-refractivity contribution in [2.75, 3.05) is 14.2 Å². The van der Waals surface area contributed by atoms with Crippen molar-refractivity contribution in [3.8, 4) is 0 Å².